The molecular weight excluding hydrogens is 520 g/mol. The van der Waals surface area contributed by atoms with Gasteiger partial charge in [-0.2, -0.15) is 0 Å². The number of hydrogen-bond donors (Lipinski definition) is 1. The number of likely N-dealkylation sites (tertiary alicyclic amines) is 1. The van der Waals surface area contributed by atoms with E-state index in [2.05, 4.69) is 0 Å². The molecule has 0 aliphatic carbocycles. The molecule has 1 N–H and O–H groups in total. The van der Waals surface area contributed by atoms with E-state index in [-0.39, 0.29) is 31.6 Å². The number of benzene rings is 2. The summed E-state index contributed by atoms with van der Waals surface area (Å²) in [6.45, 7) is 5.86. The molecule has 0 aromatic heterocycles. The molecule has 8 heteroatoms. The third kappa shape index (κ3) is 4.32. The summed E-state index contributed by atoms with van der Waals surface area (Å²) < 4.78 is 12.4. The summed E-state index contributed by atoms with van der Waals surface area (Å²) in [5.41, 5.74) is 1.05. The van der Waals surface area contributed by atoms with E-state index in [1.54, 1.807) is 11.8 Å². The lowest BCUT2D eigenvalue weighted by atomic mass is 9.74. The van der Waals surface area contributed by atoms with Gasteiger partial charge in [-0.25, -0.2) is 0 Å². The first-order valence-corrected chi connectivity index (χ1v) is 14.3. The van der Waals surface area contributed by atoms with Gasteiger partial charge in [0, 0.05) is 12.2 Å². The Kier molecular flexibility index (Phi) is 6.86. The lowest BCUT2D eigenvalue weighted by Crippen LogP contribution is -2.59. The van der Waals surface area contributed by atoms with E-state index in [0.29, 0.717) is 12.8 Å². The number of aliphatic hydroxyl groups excluding tert-OH is 1. The number of ether oxygens (including phenoxy) is 2. The Morgan fingerprint density at radius 1 is 1.00 bits per heavy atom. The first kappa shape index (κ1) is 27.4. The van der Waals surface area contributed by atoms with E-state index >= 15 is 0 Å². The number of carbonyl (C=O) groups excluding carboxylic acids is 3. The lowest BCUT2D eigenvalue weighted by molar-refractivity contribution is -0.160. The maximum absolute atomic E-state index is 14.8. The van der Waals surface area contributed by atoms with Crippen molar-refractivity contribution in [2.45, 2.75) is 56.9 Å². The maximum Gasteiger partial charge on any atom is 0.313 e. The van der Waals surface area contributed by atoms with E-state index in [0.717, 1.165) is 22.4 Å². The van der Waals surface area contributed by atoms with Gasteiger partial charge in [0.1, 0.15) is 17.6 Å². The Bertz CT molecular complexity index is 1440. The summed E-state index contributed by atoms with van der Waals surface area (Å²) in [6, 6.07) is 13.7. The van der Waals surface area contributed by atoms with Crippen LogP contribution in [0.4, 0.5) is 5.69 Å². The fourth-order valence-electron chi connectivity index (χ4n) is 7.18. The second-order valence-electron chi connectivity index (χ2n) is 11.8. The van der Waals surface area contributed by atoms with Crippen LogP contribution < -0.4 is 4.90 Å². The Morgan fingerprint density at radius 2 is 1.78 bits per heavy atom. The third-order valence-electron chi connectivity index (χ3n) is 9.03. The molecule has 214 valence electrons. The predicted molar refractivity (Wildman–Crippen MR) is 153 cm³/mol. The minimum atomic E-state index is -1.42. The molecule has 0 radical (unpaired) electrons. The molecule has 1 spiro atoms. The smallest absolute Gasteiger partial charge is 0.313 e. The van der Waals surface area contributed by atoms with E-state index in [9.17, 15) is 19.5 Å². The van der Waals surface area contributed by atoms with Crippen molar-refractivity contribution in [3.8, 4) is 0 Å². The Morgan fingerprint density at radius 3 is 2.54 bits per heavy atom. The fourth-order valence-corrected chi connectivity index (χ4v) is 7.18. The fraction of sp³-hybridized carbons (Fsp3) is 0.424. The van der Waals surface area contributed by atoms with Crippen LogP contribution in [0.3, 0.4) is 0 Å². The van der Waals surface area contributed by atoms with Gasteiger partial charge in [0.15, 0.2) is 0 Å². The molecule has 2 aromatic carbocycles. The molecule has 8 nitrogen and oxygen atoms in total. The molecule has 6 rings (SSSR count). The van der Waals surface area contributed by atoms with Crippen LogP contribution in [0.2, 0.25) is 0 Å². The summed E-state index contributed by atoms with van der Waals surface area (Å²) in [5.74, 6) is -3.13. The Balaban J connectivity index is 1.52. The Labute approximate surface area is 240 Å². The standard InChI is InChI=1S/C33H36N2O6/c1-21-12-13-22(2)25(18-21)34-16-9-15-33-26(27-31(39)40-17-8-7-14-32(27,3)41-33)29(37)35(28(33)30(34)38)24(20-36)19-23-10-5-4-6-11-23/h4-7,9-15,18,24,26-28,36H,8,16-17,19-20H2,1-3H3/t24-,26+,27+,28?,32-,33+/m1/s1. The zero-order valence-corrected chi connectivity index (χ0v) is 23.7. The van der Waals surface area contributed by atoms with Crippen molar-refractivity contribution in [1.29, 1.82) is 0 Å². The van der Waals surface area contributed by atoms with Gasteiger partial charge in [-0.3, -0.25) is 14.4 Å². The molecule has 2 saturated heterocycles. The highest BCUT2D eigenvalue weighted by molar-refractivity contribution is 6.06. The third-order valence-corrected chi connectivity index (χ3v) is 9.03. The van der Waals surface area contributed by atoms with Crippen molar-refractivity contribution in [2.75, 3.05) is 24.7 Å². The van der Waals surface area contributed by atoms with Gasteiger partial charge in [-0.15, -0.1) is 0 Å². The highest BCUT2D eigenvalue weighted by Crippen LogP contribution is 2.57. The zero-order chi connectivity index (χ0) is 28.9. The number of cyclic esters (lactones) is 1. The average molecular weight is 557 g/mol. The second-order valence-corrected chi connectivity index (χ2v) is 11.8. The van der Waals surface area contributed by atoms with E-state index in [1.165, 1.54) is 4.90 Å². The number of aliphatic hydroxyl groups is 1. The highest BCUT2D eigenvalue weighted by Gasteiger charge is 2.75. The van der Waals surface area contributed by atoms with Gasteiger partial charge in [0.2, 0.25) is 5.91 Å². The molecule has 41 heavy (non-hydrogen) atoms. The summed E-state index contributed by atoms with van der Waals surface area (Å²) >= 11 is 0. The summed E-state index contributed by atoms with van der Waals surface area (Å²) in [6.07, 6.45) is 8.32. The first-order chi connectivity index (χ1) is 19.7. The molecule has 0 bridgehead atoms. The SMILES string of the molecule is Cc1ccc(C)c(N2CC=C[C@]34O[C@]5(C)C=CCCOC(=O)[C@@H]5[C@H]3C(=O)N([C@@H](CO)Cc3ccccc3)C4C2=O)c1. The minimum absolute atomic E-state index is 0.214. The van der Waals surface area contributed by atoms with Gasteiger partial charge in [-0.05, 0) is 56.4 Å². The van der Waals surface area contributed by atoms with Crippen molar-refractivity contribution >= 4 is 23.5 Å². The number of nitrogens with zero attached hydrogens (tertiary/aromatic N) is 2. The van der Waals surface area contributed by atoms with Crippen LogP contribution in [-0.4, -0.2) is 70.8 Å². The monoisotopic (exact) mass is 556 g/mol. The van der Waals surface area contributed by atoms with E-state index in [1.807, 2.05) is 86.7 Å². The predicted octanol–water partition coefficient (Wildman–Crippen LogP) is 3.28. The van der Waals surface area contributed by atoms with Gasteiger partial charge >= 0.3 is 5.97 Å². The van der Waals surface area contributed by atoms with Gasteiger partial charge < -0.3 is 24.4 Å². The molecule has 4 heterocycles. The van der Waals surface area contributed by atoms with E-state index in [4.69, 9.17) is 9.47 Å². The van der Waals surface area contributed by atoms with Crippen LogP contribution in [0, 0.1) is 25.7 Å². The number of amides is 2. The number of aryl methyl sites for hydroxylation is 2. The van der Waals surface area contributed by atoms with Crippen LogP contribution >= 0.6 is 0 Å². The number of hydrogen-bond acceptors (Lipinski definition) is 6. The summed E-state index contributed by atoms with van der Waals surface area (Å²) in [7, 11) is 0. The van der Waals surface area contributed by atoms with Crippen LogP contribution in [-0.2, 0) is 30.3 Å². The zero-order valence-electron chi connectivity index (χ0n) is 23.7. The van der Waals surface area contributed by atoms with Crippen LogP contribution in [0.15, 0.2) is 72.8 Å². The van der Waals surface area contributed by atoms with Crippen LogP contribution in [0.5, 0.6) is 0 Å². The second kappa shape index (κ2) is 10.3. The molecular formula is C33H36N2O6. The topological polar surface area (TPSA) is 96.4 Å². The average Bonchev–Trinajstić information content (AvgIpc) is 3.28. The van der Waals surface area contributed by atoms with Crippen LogP contribution in [0.1, 0.15) is 30.0 Å². The number of carbonyl (C=O) groups is 3. The van der Waals surface area contributed by atoms with Gasteiger partial charge in [-0.1, -0.05) is 66.8 Å². The molecule has 0 saturated carbocycles. The Hall–Kier alpha value is -3.75. The molecule has 1 unspecified atom stereocenters. The van der Waals surface area contributed by atoms with Crippen molar-refractivity contribution in [3.63, 3.8) is 0 Å². The summed E-state index contributed by atoms with van der Waals surface area (Å²) in [5, 5.41) is 10.7. The normalized spacial score (nSPS) is 31.6. The first-order valence-electron chi connectivity index (χ1n) is 14.3. The van der Waals surface area contributed by atoms with E-state index < -0.39 is 41.1 Å². The molecule has 4 aliphatic rings. The number of rotatable bonds is 5. The highest BCUT2D eigenvalue weighted by atomic mass is 16.6. The van der Waals surface area contributed by atoms with Crippen molar-refractivity contribution in [3.05, 3.63) is 89.5 Å². The molecule has 6 atom stereocenters. The summed E-state index contributed by atoms with van der Waals surface area (Å²) in [4.78, 5) is 46.1. The van der Waals surface area contributed by atoms with Gasteiger partial charge in [0.25, 0.3) is 5.91 Å². The maximum atomic E-state index is 14.8. The van der Waals surface area contributed by atoms with Crippen molar-refractivity contribution in [1.82, 2.24) is 4.90 Å². The lowest BCUT2D eigenvalue weighted by Gasteiger charge is -2.40. The largest absolute Gasteiger partial charge is 0.465 e. The van der Waals surface area contributed by atoms with Crippen molar-refractivity contribution in [2.24, 2.45) is 11.8 Å². The molecule has 2 aromatic rings. The quantitative estimate of drug-likeness (QED) is 0.449. The van der Waals surface area contributed by atoms with Gasteiger partial charge in [0.05, 0.1) is 30.8 Å². The van der Waals surface area contributed by atoms with Crippen LogP contribution in [0.25, 0.3) is 0 Å². The number of fused-ring (bicyclic) bond motifs is 2. The molecule has 2 amide bonds. The number of esters is 1. The number of anilines is 1. The molecule has 2 fully saturated rings. The van der Waals surface area contributed by atoms with Crippen molar-refractivity contribution < 1.29 is 29.0 Å². The molecule has 4 aliphatic heterocycles. The minimum Gasteiger partial charge on any atom is -0.465 e.